The number of anilines is 3. The molecule has 0 saturated carbocycles. The van der Waals surface area contributed by atoms with Crippen molar-refractivity contribution in [2.24, 2.45) is 0 Å². The van der Waals surface area contributed by atoms with Crippen molar-refractivity contribution in [2.45, 2.75) is 210 Å². The van der Waals surface area contributed by atoms with Crippen molar-refractivity contribution in [2.75, 3.05) is 4.90 Å². The van der Waals surface area contributed by atoms with Gasteiger partial charge in [0.1, 0.15) is 22.3 Å². The van der Waals surface area contributed by atoms with Crippen molar-refractivity contribution in [3.8, 4) is 44.5 Å². The molecule has 0 unspecified atom stereocenters. The van der Waals surface area contributed by atoms with E-state index < -0.39 is 10.8 Å². The first kappa shape index (κ1) is 73.4. The van der Waals surface area contributed by atoms with Crippen molar-refractivity contribution in [3.05, 3.63) is 351 Å². The molecule has 0 N–H and O–H groups in total. The average Bonchev–Trinajstić information content (AvgIpc) is 1.50. The molecule has 4 aliphatic carbocycles. The van der Waals surface area contributed by atoms with Gasteiger partial charge in [-0.1, -0.05) is 368 Å². The third kappa shape index (κ3) is 11.7. The fourth-order valence-corrected chi connectivity index (χ4v) is 22.6. The molecule has 0 fully saturated rings. The first-order valence-electron chi connectivity index (χ1n) is 44.0. The van der Waals surface area contributed by atoms with E-state index in [-0.39, 0.29) is 10.8 Å². The maximum atomic E-state index is 7.66. The minimum Gasteiger partial charge on any atom is -0.456 e. The Labute approximate surface area is 676 Å². The second-order valence-corrected chi connectivity index (χ2v) is 34.2. The fraction of sp³-hybridized carbons (Fsp3) is 0.297. The molecule has 0 radical (unpaired) electrons. The summed E-state index contributed by atoms with van der Waals surface area (Å²) in [6, 6.07) is 108. The van der Waals surface area contributed by atoms with E-state index in [4.69, 9.17) is 8.83 Å². The van der Waals surface area contributed by atoms with Crippen LogP contribution in [0.1, 0.15) is 254 Å². The lowest BCUT2D eigenvalue weighted by molar-refractivity contribution is 0.369. The fourth-order valence-electron chi connectivity index (χ4n) is 22.6. The van der Waals surface area contributed by atoms with Crippen LogP contribution in [-0.4, -0.2) is 0 Å². The zero-order valence-corrected chi connectivity index (χ0v) is 67.8. The molecule has 0 atom stereocenters. The summed E-state index contributed by atoms with van der Waals surface area (Å²) in [5.74, 6) is 0. The molecule has 2 heterocycles. The molecule has 19 rings (SSSR count). The Kier molecular flexibility index (Phi) is 19.9. The lowest BCUT2D eigenvalue weighted by atomic mass is 9.62. The van der Waals surface area contributed by atoms with Gasteiger partial charge in [0, 0.05) is 55.0 Å². The summed E-state index contributed by atoms with van der Waals surface area (Å²) in [5.41, 5.74) is 33.7. The largest absolute Gasteiger partial charge is 0.456 e. The summed E-state index contributed by atoms with van der Waals surface area (Å²) < 4.78 is 14.6. The standard InChI is InChI=1S/C111H109NO2/c1-6-10-14-18-40-67-108(68-41-19-15-11-7-2)91-58-37-34-55-85(91)104-106(108)105-102(103-88-57-36-39-60-98(88)114-107(103)104)86-64-62-82(72-93(86)109(105,69-42-20-16-12-8-3)70-43-21-17-13-9-4)112(81-54-44-45-76(5)71-81)83-61-63-84-89-74-96-90(75-95(89)111(94(84)73-83,79-50-30-24-31-51-79)80-52-32-25-33-53-80)100-92(65-66-99-101(100)87-56-35-38-59-97(87)113-99)110(96,77-46-26-22-27-47-77)78-48-28-23-29-49-78/h22-39,44-66,71-75H,6-21,40-43,67-70H2,1-5H3. The number of nitrogens with zero attached hydrogens (tertiary/aromatic N) is 1. The summed E-state index contributed by atoms with van der Waals surface area (Å²) in [7, 11) is 0. The highest BCUT2D eigenvalue weighted by Gasteiger charge is 2.56. The van der Waals surface area contributed by atoms with E-state index in [2.05, 4.69) is 319 Å². The van der Waals surface area contributed by atoms with Gasteiger partial charge in [-0.3, -0.25) is 0 Å². The van der Waals surface area contributed by atoms with Gasteiger partial charge in [-0.25, -0.2) is 0 Å². The van der Waals surface area contributed by atoms with E-state index >= 15 is 0 Å². The Morgan fingerprint density at radius 1 is 0.263 bits per heavy atom. The van der Waals surface area contributed by atoms with Gasteiger partial charge in [0.2, 0.25) is 0 Å². The molecular weight excluding hydrogens is 1380 g/mol. The number of hydrogen-bond acceptors (Lipinski definition) is 3. The molecule has 0 saturated heterocycles. The topological polar surface area (TPSA) is 29.5 Å². The molecule has 0 amide bonds. The molecule has 3 nitrogen and oxygen atoms in total. The van der Waals surface area contributed by atoms with Gasteiger partial charge in [-0.05, 0) is 211 Å². The molecule has 0 aliphatic heterocycles. The minimum atomic E-state index is -0.771. The molecule has 570 valence electrons. The van der Waals surface area contributed by atoms with Crippen LogP contribution in [0.3, 0.4) is 0 Å². The summed E-state index contributed by atoms with van der Waals surface area (Å²) in [6.45, 7) is 11.8. The SMILES string of the molecule is CCCCCCCC1(CCCCCCC)c2ccccc2-c2c1c1c(c3c2oc2ccccc23)-c2ccc(N(c3cccc(C)c3)c3ccc4c(c3)C(c3ccccc3)(c3ccccc3)c3cc5c(cc3-4)C(c3ccccc3)(c3ccccc3)c3ccc4oc6ccccc6c4c3-5)cc2C1(CCCCCCC)CCCCCCC. The normalized spacial score (nSPS) is 14.6. The molecular formula is C111H109NO2. The number of para-hydroxylation sites is 2. The number of unbranched alkanes of at least 4 members (excludes halogenated alkanes) is 16. The van der Waals surface area contributed by atoms with Crippen molar-refractivity contribution >= 4 is 60.9 Å². The highest BCUT2D eigenvalue weighted by atomic mass is 16.3. The summed E-state index contributed by atoms with van der Waals surface area (Å²) in [6.07, 6.45) is 29.4. The Bertz CT molecular complexity index is 5920. The number of benzene rings is 13. The maximum Gasteiger partial charge on any atom is 0.144 e. The monoisotopic (exact) mass is 1490 g/mol. The van der Waals surface area contributed by atoms with Gasteiger partial charge >= 0.3 is 0 Å². The third-order valence-corrected chi connectivity index (χ3v) is 27.6. The molecule has 15 aromatic rings. The number of hydrogen-bond donors (Lipinski definition) is 0. The van der Waals surface area contributed by atoms with Crippen LogP contribution in [0.25, 0.3) is 88.4 Å². The Morgan fingerprint density at radius 3 is 1.24 bits per heavy atom. The molecule has 0 bridgehead atoms. The minimum absolute atomic E-state index is 0.185. The van der Waals surface area contributed by atoms with E-state index in [0.29, 0.717) is 0 Å². The number of fused-ring (bicyclic) bond motifs is 22. The van der Waals surface area contributed by atoms with Crippen LogP contribution in [-0.2, 0) is 21.7 Å². The third-order valence-electron chi connectivity index (χ3n) is 27.6. The van der Waals surface area contributed by atoms with Crippen LogP contribution < -0.4 is 4.90 Å². The van der Waals surface area contributed by atoms with Gasteiger partial charge in [0.15, 0.2) is 0 Å². The van der Waals surface area contributed by atoms with E-state index in [1.54, 1.807) is 16.7 Å². The predicted octanol–water partition coefficient (Wildman–Crippen LogP) is 32.0. The van der Waals surface area contributed by atoms with Crippen molar-refractivity contribution in [1.82, 2.24) is 0 Å². The highest BCUT2D eigenvalue weighted by Crippen LogP contribution is 2.69. The van der Waals surface area contributed by atoms with Gasteiger partial charge in [-0.15, -0.1) is 0 Å². The Hall–Kier alpha value is -10.7. The maximum absolute atomic E-state index is 7.66. The molecule has 3 heteroatoms. The molecule has 114 heavy (non-hydrogen) atoms. The Morgan fingerprint density at radius 2 is 0.684 bits per heavy atom. The lowest BCUT2D eigenvalue weighted by Crippen LogP contribution is -2.33. The number of rotatable bonds is 31. The van der Waals surface area contributed by atoms with Crippen LogP contribution in [0.4, 0.5) is 17.1 Å². The second kappa shape index (κ2) is 30.9. The second-order valence-electron chi connectivity index (χ2n) is 34.2. The van der Waals surface area contributed by atoms with Crippen molar-refractivity contribution in [3.63, 3.8) is 0 Å². The van der Waals surface area contributed by atoms with Gasteiger partial charge < -0.3 is 13.7 Å². The zero-order chi connectivity index (χ0) is 77.0. The predicted molar refractivity (Wildman–Crippen MR) is 481 cm³/mol. The lowest BCUT2D eigenvalue weighted by Gasteiger charge is -2.40. The number of furan rings is 2. The average molecular weight is 1490 g/mol. The van der Waals surface area contributed by atoms with Crippen molar-refractivity contribution in [1.29, 1.82) is 0 Å². The zero-order valence-electron chi connectivity index (χ0n) is 67.8. The van der Waals surface area contributed by atoms with Gasteiger partial charge in [0.25, 0.3) is 0 Å². The summed E-state index contributed by atoms with van der Waals surface area (Å²) in [4.78, 5) is 2.67. The summed E-state index contributed by atoms with van der Waals surface area (Å²) in [5, 5.41) is 4.85. The van der Waals surface area contributed by atoms with E-state index in [1.807, 2.05) is 0 Å². The van der Waals surface area contributed by atoms with Gasteiger partial charge in [0.05, 0.1) is 10.8 Å². The molecule has 13 aromatic carbocycles. The quantitative estimate of drug-likeness (QED) is 0.0406. The molecule has 0 spiro atoms. The van der Waals surface area contributed by atoms with Crippen LogP contribution >= 0.6 is 0 Å². The van der Waals surface area contributed by atoms with Crippen LogP contribution in [0.15, 0.2) is 288 Å². The van der Waals surface area contributed by atoms with Gasteiger partial charge in [-0.2, -0.15) is 0 Å². The summed E-state index contributed by atoms with van der Waals surface area (Å²) >= 11 is 0. The van der Waals surface area contributed by atoms with Crippen molar-refractivity contribution < 1.29 is 8.83 Å². The molecule has 2 aromatic heterocycles. The van der Waals surface area contributed by atoms with E-state index in [9.17, 15) is 0 Å². The first-order valence-corrected chi connectivity index (χ1v) is 44.0. The highest BCUT2D eigenvalue weighted by molar-refractivity contribution is 6.21. The van der Waals surface area contributed by atoms with Crippen LogP contribution in [0.5, 0.6) is 0 Å². The first-order chi connectivity index (χ1) is 56.3. The molecule has 4 aliphatic rings. The van der Waals surface area contributed by atoms with E-state index in [0.717, 1.165) is 70.2 Å². The van der Waals surface area contributed by atoms with Crippen LogP contribution in [0, 0.1) is 6.92 Å². The Balaban J connectivity index is 0.882. The smallest absolute Gasteiger partial charge is 0.144 e. The van der Waals surface area contributed by atoms with E-state index in [1.165, 1.54) is 245 Å². The van der Waals surface area contributed by atoms with Crippen LogP contribution in [0.2, 0.25) is 0 Å². The number of aryl methyl sites for hydroxylation is 1.